The molecule has 1 saturated heterocycles. The number of carbonyl (C=O) groups excluding carboxylic acids is 2. The number of hydrogen-bond donors (Lipinski definition) is 0. The van der Waals surface area contributed by atoms with Gasteiger partial charge in [0.15, 0.2) is 0 Å². The second-order valence-corrected chi connectivity index (χ2v) is 7.71. The van der Waals surface area contributed by atoms with Crippen LogP contribution >= 0.6 is 0 Å². The fourth-order valence-electron chi connectivity index (χ4n) is 5.53. The van der Waals surface area contributed by atoms with Crippen LogP contribution in [0.5, 0.6) is 0 Å². The van der Waals surface area contributed by atoms with Crippen molar-refractivity contribution in [1.82, 2.24) is 4.90 Å². The van der Waals surface area contributed by atoms with Crippen LogP contribution in [0.2, 0.25) is 0 Å². The molecule has 5 rings (SSSR count). The molecule has 2 bridgehead atoms. The predicted octanol–water partition coefficient (Wildman–Crippen LogP) is 3.61. The minimum absolute atomic E-state index is 0.0620. The van der Waals surface area contributed by atoms with E-state index in [1.165, 1.54) is 10.5 Å². The zero-order chi connectivity index (χ0) is 17.0. The van der Waals surface area contributed by atoms with Gasteiger partial charge in [0.2, 0.25) is 11.8 Å². The summed E-state index contributed by atoms with van der Waals surface area (Å²) in [5.41, 5.74) is 2.35. The third-order valence-electron chi connectivity index (χ3n) is 6.52. The Balaban J connectivity index is 1.42. The number of benzene rings is 2. The van der Waals surface area contributed by atoms with Crippen LogP contribution in [0.3, 0.4) is 0 Å². The molecule has 0 aromatic heterocycles. The molecule has 2 aromatic rings. The molecule has 1 heterocycles. The highest BCUT2D eigenvalue weighted by Crippen LogP contribution is 2.61. The van der Waals surface area contributed by atoms with Gasteiger partial charge in [-0.15, -0.1) is 0 Å². The van der Waals surface area contributed by atoms with E-state index in [2.05, 4.69) is 24.3 Å². The molecule has 2 amide bonds. The summed E-state index contributed by atoms with van der Waals surface area (Å²) >= 11 is 0. The van der Waals surface area contributed by atoms with Gasteiger partial charge in [0.05, 0.1) is 18.4 Å². The molecular weight excluding hydrogens is 310 g/mol. The van der Waals surface area contributed by atoms with Crippen LogP contribution in [0.1, 0.15) is 29.9 Å². The Morgan fingerprint density at radius 2 is 1.44 bits per heavy atom. The van der Waals surface area contributed by atoms with Crippen molar-refractivity contribution in [2.75, 3.05) is 0 Å². The van der Waals surface area contributed by atoms with Gasteiger partial charge in [0.1, 0.15) is 0 Å². The summed E-state index contributed by atoms with van der Waals surface area (Å²) in [6.45, 7) is 0.418. The van der Waals surface area contributed by atoms with Crippen LogP contribution in [0.15, 0.2) is 60.7 Å². The van der Waals surface area contributed by atoms with E-state index in [-0.39, 0.29) is 23.7 Å². The molecule has 3 heteroatoms. The lowest BCUT2D eigenvalue weighted by Gasteiger charge is -2.28. The monoisotopic (exact) mass is 331 g/mol. The molecule has 126 valence electrons. The van der Waals surface area contributed by atoms with Crippen LogP contribution < -0.4 is 0 Å². The van der Waals surface area contributed by atoms with Crippen molar-refractivity contribution in [3.05, 3.63) is 71.8 Å². The molecule has 3 fully saturated rings. The Morgan fingerprint density at radius 3 is 2.16 bits per heavy atom. The molecule has 2 aromatic carbocycles. The third-order valence-corrected chi connectivity index (χ3v) is 6.52. The van der Waals surface area contributed by atoms with Crippen LogP contribution in [-0.2, 0) is 16.1 Å². The van der Waals surface area contributed by atoms with Crippen LogP contribution in [0.4, 0.5) is 0 Å². The lowest BCUT2D eigenvalue weighted by atomic mass is 9.73. The van der Waals surface area contributed by atoms with Crippen molar-refractivity contribution >= 4 is 11.8 Å². The highest BCUT2D eigenvalue weighted by Gasteiger charge is 2.63. The minimum atomic E-state index is -0.0971. The molecule has 0 N–H and O–H groups in total. The highest BCUT2D eigenvalue weighted by molar-refractivity contribution is 6.06. The second kappa shape index (κ2) is 5.55. The fraction of sp³-hybridized carbons (Fsp3) is 0.364. The quantitative estimate of drug-likeness (QED) is 0.806. The van der Waals surface area contributed by atoms with Gasteiger partial charge in [0.25, 0.3) is 0 Å². The maximum absolute atomic E-state index is 13.1. The number of rotatable bonds is 3. The summed E-state index contributed by atoms with van der Waals surface area (Å²) in [7, 11) is 0. The zero-order valence-electron chi connectivity index (χ0n) is 14.0. The molecule has 2 aliphatic carbocycles. The number of amides is 2. The maximum Gasteiger partial charge on any atom is 0.233 e. The minimum Gasteiger partial charge on any atom is -0.278 e. The number of imide groups is 1. The first-order valence-electron chi connectivity index (χ1n) is 9.18. The van der Waals surface area contributed by atoms with Crippen molar-refractivity contribution in [3.63, 3.8) is 0 Å². The normalized spacial score (nSPS) is 33.1. The van der Waals surface area contributed by atoms with E-state index in [1.807, 2.05) is 36.4 Å². The van der Waals surface area contributed by atoms with Gasteiger partial charge in [-0.3, -0.25) is 14.5 Å². The lowest BCUT2D eigenvalue weighted by Crippen LogP contribution is -2.32. The van der Waals surface area contributed by atoms with Crippen molar-refractivity contribution in [2.24, 2.45) is 23.7 Å². The van der Waals surface area contributed by atoms with Gasteiger partial charge in [-0.1, -0.05) is 60.7 Å². The van der Waals surface area contributed by atoms with Crippen LogP contribution in [0, 0.1) is 23.7 Å². The average molecular weight is 331 g/mol. The number of nitrogens with zero attached hydrogens (tertiary/aromatic N) is 1. The first-order valence-corrected chi connectivity index (χ1v) is 9.18. The summed E-state index contributed by atoms with van der Waals surface area (Å²) in [4.78, 5) is 27.5. The smallest absolute Gasteiger partial charge is 0.233 e. The topological polar surface area (TPSA) is 37.4 Å². The maximum atomic E-state index is 13.1. The van der Waals surface area contributed by atoms with E-state index < -0.39 is 0 Å². The van der Waals surface area contributed by atoms with Crippen molar-refractivity contribution < 1.29 is 9.59 Å². The third kappa shape index (κ3) is 2.18. The largest absolute Gasteiger partial charge is 0.278 e. The number of carbonyl (C=O) groups is 2. The highest BCUT2D eigenvalue weighted by atomic mass is 16.2. The van der Waals surface area contributed by atoms with Crippen LogP contribution in [0.25, 0.3) is 0 Å². The molecular formula is C22H21NO2. The first kappa shape index (κ1) is 14.9. The van der Waals surface area contributed by atoms with E-state index in [9.17, 15) is 9.59 Å². The Hall–Kier alpha value is -2.42. The second-order valence-electron chi connectivity index (χ2n) is 7.71. The van der Waals surface area contributed by atoms with E-state index in [0.717, 1.165) is 18.4 Å². The summed E-state index contributed by atoms with van der Waals surface area (Å²) in [6.07, 6.45) is 2.08. The SMILES string of the molecule is O=C1[C@@H]2[C@@H]3C[C@@H]([C@@H]2C(=O)N1Cc1ccccc1)[C@H](c1ccccc1)C3. The molecule has 3 aliphatic rings. The van der Waals surface area contributed by atoms with E-state index in [1.54, 1.807) is 0 Å². The van der Waals surface area contributed by atoms with E-state index >= 15 is 0 Å². The molecule has 1 aliphatic heterocycles. The first-order chi connectivity index (χ1) is 12.2. The fourth-order valence-corrected chi connectivity index (χ4v) is 5.53. The number of likely N-dealkylation sites (tertiary alicyclic amines) is 1. The summed E-state index contributed by atoms with van der Waals surface area (Å²) in [6, 6.07) is 20.3. The molecule has 0 spiro atoms. The van der Waals surface area contributed by atoms with Gasteiger partial charge >= 0.3 is 0 Å². The molecule has 0 unspecified atom stereocenters. The van der Waals surface area contributed by atoms with Gasteiger partial charge in [-0.2, -0.15) is 0 Å². The molecule has 3 nitrogen and oxygen atoms in total. The van der Waals surface area contributed by atoms with Crippen LogP contribution in [-0.4, -0.2) is 16.7 Å². The average Bonchev–Trinajstić information content (AvgIpc) is 3.31. The Kier molecular flexibility index (Phi) is 3.30. The zero-order valence-corrected chi connectivity index (χ0v) is 14.0. The van der Waals surface area contributed by atoms with Gasteiger partial charge < -0.3 is 0 Å². The van der Waals surface area contributed by atoms with E-state index in [0.29, 0.717) is 24.3 Å². The summed E-state index contributed by atoms with van der Waals surface area (Å²) in [5.74, 6) is 1.10. The summed E-state index contributed by atoms with van der Waals surface area (Å²) < 4.78 is 0. The molecule has 25 heavy (non-hydrogen) atoms. The molecule has 2 saturated carbocycles. The Bertz CT molecular complexity index is 816. The Labute approximate surface area is 147 Å². The number of hydrogen-bond acceptors (Lipinski definition) is 2. The van der Waals surface area contributed by atoms with Crippen molar-refractivity contribution in [1.29, 1.82) is 0 Å². The van der Waals surface area contributed by atoms with Gasteiger partial charge in [-0.25, -0.2) is 0 Å². The van der Waals surface area contributed by atoms with Gasteiger partial charge in [0, 0.05) is 0 Å². The molecule has 0 radical (unpaired) electrons. The predicted molar refractivity (Wildman–Crippen MR) is 94.4 cm³/mol. The lowest BCUT2D eigenvalue weighted by molar-refractivity contribution is -0.141. The van der Waals surface area contributed by atoms with Crippen molar-refractivity contribution in [3.8, 4) is 0 Å². The van der Waals surface area contributed by atoms with Crippen molar-refractivity contribution in [2.45, 2.75) is 25.3 Å². The van der Waals surface area contributed by atoms with E-state index in [4.69, 9.17) is 0 Å². The standard InChI is InChI=1S/C22H21NO2/c24-21-19-16-11-17(15-9-5-2-6-10-15)18(12-16)20(19)22(25)23(21)13-14-7-3-1-4-8-14/h1-10,16-20H,11-13H2/t16-,17-,18+,19+,20-/m0/s1. The summed E-state index contributed by atoms with van der Waals surface area (Å²) in [5, 5.41) is 0. The molecule has 5 atom stereocenters. The Morgan fingerprint density at radius 1 is 0.800 bits per heavy atom. The van der Waals surface area contributed by atoms with Gasteiger partial charge in [-0.05, 0) is 41.7 Å². The number of fused-ring (bicyclic) bond motifs is 5.